The Hall–Kier alpha value is -2.28. The molecular weight excluding hydrogens is 244 g/mol. The van der Waals surface area contributed by atoms with Crippen LogP contribution < -0.4 is 11.3 Å². The molecule has 1 aromatic heterocycles. The van der Waals surface area contributed by atoms with Crippen molar-refractivity contribution in [1.82, 2.24) is 9.78 Å². The molecule has 0 radical (unpaired) electrons. The van der Waals surface area contributed by atoms with Gasteiger partial charge in [0.2, 0.25) is 0 Å². The second kappa shape index (κ2) is 4.53. The van der Waals surface area contributed by atoms with Crippen molar-refractivity contribution < 1.29 is 13.9 Å². The van der Waals surface area contributed by atoms with Crippen LogP contribution in [0.1, 0.15) is 5.69 Å². The molecule has 2 rings (SSSR count). The van der Waals surface area contributed by atoms with E-state index in [9.17, 15) is 18.7 Å². The van der Waals surface area contributed by atoms with Crippen LogP contribution in [0.5, 0.6) is 5.75 Å². The van der Waals surface area contributed by atoms with E-state index >= 15 is 0 Å². The van der Waals surface area contributed by atoms with Gasteiger partial charge in [-0.15, -0.1) is 0 Å². The Labute approximate surface area is 100 Å². The zero-order valence-electron chi connectivity index (χ0n) is 9.10. The molecule has 0 unspecified atom stereocenters. The molecule has 0 saturated heterocycles. The molecule has 0 atom stereocenters. The second-order valence-corrected chi connectivity index (χ2v) is 3.53. The van der Waals surface area contributed by atoms with Crippen LogP contribution in [0.2, 0.25) is 0 Å². The van der Waals surface area contributed by atoms with E-state index in [0.29, 0.717) is 4.68 Å². The van der Waals surface area contributed by atoms with Crippen molar-refractivity contribution in [2.75, 3.05) is 0 Å². The molecule has 3 N–H and O–H groups in total. The first-order valence-electron chi connectivity index (χ1n) is 5.00. The summed E-state index contributed by atoms with van der Waals surface area (Å²) in [7, 11) is 0. The van der Waals surface area contributed by atoms with Crippen LogP contribution in [0, 0.1) is 11.6 Å². The molecule has 0 fully saturated rings. The number of nitrogens with zero attached hydrogens (tertiary/aromatic N) is 2. The van der Waals surface area contributed by atoms with Crippen LogP contribution in [-0.4, -0.2) is 14.9 Å². The van der Waals surface area contributed by atoms with Gasteiger partial charge < -0.3 is 10.8 Å². The highest BCUT2D eigenvalue weighted by molar-refractivity contribution is 5.34. The predicted octanol–water partition coefficient (Wildman–Crippen LogP) is 0.675. The van der Waals surface area contributed by atoms with Gasteiger partial charge in [-0.25, -0.2) is 8.78 Å². The lowest BCUT2D eigenvalue weighted by Gasteiger charge is -2.08. The summed E-state index contributed by atoms with van der Waals surface area (Å²) >= 11 is 0. The van der Waals surface area contributed by atoms with E-state index < -0.39 is 17.2 Å². The number of aromatic nitrogens is 2. The van der Waals surface area contributed by atoms with E-state index in [4.69, 9.17) is 5.73 Å². The Kier molecular flexibility index (Phi) is 3.07. The Morgan fingerprint density at radius 1 is 1.33 bits per heavy atom. The lowest BCUT2D eigenvalue weighted by atomic mass is 10.3. The topological polar surface area (TPSA) is 81.1 Å². The fourth-order valence-electron chi connectivity index (χ4n) is 1.45. The molecule has 5 nitrogen and oxygen atoms in total. The Morgan fingerprint density at radius 3 is 2.72 bits per heavy atom. The van der Waals surface area contributed by atoms with Crippen molar-refractivity contribution in [2.24, 2.45) is 5.73 Å². The summed E-state index contributed by atoms with van der Waals surface area (Å²) < 4.78 is 27.2. The smallest absolute Gasteiger partial charge is 0.275 e. The lowest BCUT2D eigenvalue weighted by molar-refractivity contribution is 0.456. The number of halogens is 2. The monoisotopic (exact) mass is 253 g/mol. The Bertz CT molecular complexity index is 655. The molecule has 1 heterocycles. The maximum absolute atomic E-state index is 13.5. The van der Waals surface area contributed by atoms with Gasteiger partial charge in [-0.2, -0.15) is 9.78 Å². The van der Waals surface area contributed by atoms with E-state index in [2.05, 4.69) is 5.10 Å². The molecule has 18 heavy (non-hydrogen) atoms. The third-order valence-electron chi connectivity index (χ3n) is 2.32. The first-order valence-corrected chi connectivity index (χ1v) is 5.00. The second-order valence-electron chi connectivity index (χ2n) is 3.53. The summed E-state index contributed by atoms with van der Waals surface area (Å²) in [4.78, 5) is 11.6. The SMILES string of the molecule is NCc1nn(-c2cc(F)ccc2F)c(=O)cc1O. The van der Waals surface area contributed by atoms with Gasteiger partial charge in [0.1, 0.15) is 28.8 Å². The maximum Gasteiger partial charge on any atom is 0.275 e. The van der Waals surface area contributed by atoms with Crippen LogP contribution >= 0.6 is 0 Å². The highest BCUT2D eigenvalue weighted by Gasteiger charge is 2.12. The van der Waals surface area contributed by atoms with Gasteiger partial charge in [-0.3, -0.25) is 4.79 Å². The third kappa shape index (κ3) is 2.07. The van der Waals surface area contributed by atoms with Crippen LogP contribution in [0.25, 0.3) is 5.69 Å². The number of aromatic hydroxyl groups is 1. The number of nitrogens with two attached hydrogens (primary N) is 1. The first kappa shape index (κ1) is 12.2. The van der Waals surface area contributed by atoms with E-state index in [0.717, 1.165) is 24.3 Å². The average Bonchev–Trinajstić information content (AvgIpc) is 2.33. The van der Waals surface area contributed by atoms with E-state index in [-0.39, 0.29) is 23.7 Å². The van der Waals surface area contributed by atoms with Crippen molar-refractivity contribution in [3.63, 3.8) is 0 Å². The molecule has 0 aliphatic heterocycles. The minimum atomic E-state index is -0.806. The van der Waals surface area contributed by atoms with Crippen LogP contribution in [0.15, 0.2) is 29.1 Å². The molecule has 2 aromatic rings. The van der Waals surface area contributed by atoms with E-state index in [1.54, 1.807) is 0 Å². The molecule has 0 bridgehead atoms. The summed E-state index contributed by atoms with van der Waals surface area (Å²) in [6.07, 6.45) is 0. The Balaban J connectivity index is 2.71. The van der Waals surface area contributed by atoms with Crippen molar-refractivity contribution >= 4 is 0 Å². The highest BCUT2D eigenvalue weighted by Crippen LogP contribution is 2.15. The van der Waals surface area contributed by atoms with Crippen molar-refractivity contribution in [3.8, 4) is 11.4 Å². The number of hydrogen-bond donors (Lipinski definition) is 2. The summed E-state index contributed by atoms with van der Waals surface area (Å²) in [5.74, 6) is -1.89. The largest absolute Gasteiger partial charge is 0.506 e. The minimum absolute atomic E-state index is 0.0123. The summed E-state index contributed by atoms with van der Waals surface area (Å²) in [6.45, 7) is -0.136. The summed E-state index contributed by atoms with van der Waals surface area (Å²) in [5.41, 5.74) is 4.20. The predicted molar refractivity (Wildman–Crippen MR) is 59.3 cm³/mol. The minimum Gasteiger partial charge on any atom is -0.506 e. The molecule has 94 valence electrons. The van der Waals surface area contributed by atoms with Gasteiger partial charge in [0, 0.05) is 18.7 Å². The van der Waals surface area contributed by atoms with E-state index in [1.165, 1.54) is 0 Å². The molecule has 0 amide bonds. The van der Waals surface area contributed by atoms with Crippen LogP contribution in [0.3, 0.4) is 0 Å². The average molecular weight is 253 g/mol. The van der Waals surface area contributed by atoms with Crippen molar-refractivity contribution in [2.45, 2.75) is 6.54 Å². The molecule has 0 spiro atoms. The quantitative estimate of drug-likeness (QED) is 0.824. The number of benzene rings is 1. The van der Waals surface area contributed by atoms with Crippen LogP contribution in [0.4, 0.5) is 8.78 Å². The molecule has 0 saturated carbocycles. The molecule has 0 aliphatic carbocycles. The fraction of sp³-hybridized carbons (Fsp3) is 0.0909. The number of hydrogen-bond acceptors (Lipinski definition) is 4. The zero-order chi connectivity index (χ0) is 13.3. The Morgan fingerprint density at radius 2 is 2.06 bits per heavy atom. The maximum atomic E-state index is 13.5. The summed E-state index contributed by atoms with van der Waals surface area (Å²) in [5, 5.41) is 13.0. The van der Waals surface area contributed by atoms with Gasteiger partial charge in [0.05, 0.1) is 0 Å². The van der Waals surface area contributed by atoms with Crippen molar-refractivity contribution in [3.05, 3.63) is 51.9 Å². The third-order valence-corrected chi connectivity index (χ3v) is 2.32. The normalized spacial score (nSPS) is 10.6. The molecule has 0 aliphatic rings. The van der Waals surface area contributed by atoms with Crippen LogP contribution in [-0.2, 0) is 6.54 Å². The first-order chi connectivity index (χ1) is 8.52. The zero-order valence-corrected chi connectivity index (χ0v) is 9.10. The van der Waals surface area contributed by atoms with Crippen molar-refractivity contribution in [1.29, 1.82) is 0 Å². The molecular formula is C11H9F2N3O2. The highest BCUT2D eigenvalue weighted by atomic mass is 19.1. The standard InChI is InChI=1S/C11H9F2N3O2/c12-6-1-2-7(13)9(3-6)16-11(18)4-10(17)8(5-14)15-16/h1-4,17H,5,14H2. The molecule has 1 aromatic carbocycles. The van der Waals surface area contributed by atoms with E-state index in [1.807, 2.05) is 0 Å². The number of rotatable bonds is 2. The van der Waals surface area contributed by atoms with Gasteiger partial charge >= 0.3 is 0 Å². The van der Waals surface area contributed by atoms with Gasteiger partial charge in [-0.05, 0) is 12.1 Å². The van der Waals surface area contributed by atoms with Gasteiger partial charge in [0.25, 0.3) is 5.56 Å². The fourth-order valence-corrected chi connectivity index (χ4v) is 1.45. The van der Waals surface area contributed by atoms with Gasteiger partial charge in [-0.1, -0.05) is 0 Å². The lowest BCUT2D eigenvalue weighted by Crippen LogP contribution is -2.23. The molecule has 7 heteroatoms. The summed E-state index contributed by atoms with van der Waals surface area (Å²) in [6, 6.07) is 3.49. The van der Waals surface area contributed by atoms with Gasteiger partial charge in [0.15, 0.2) is 0 Å².